The first kappa shape index (κ1) is 26.4. The number of carbonyl (C=O) groups is 1. The number of nitrogens with one attached hydrogen (secondary N) is 1. The standard InChI is InChI=1S/C19H10F12N2O2/c20-14(21,17(26,27)33-18(28,29)15(22,23)16(24,25)19(33,30)31)13(34)32-10-5-4-8-12(9-10)35-11-6-2-1-3-7-11/h1-9H,(H,32,34). The molecule has 2 aromatic rings. The fourth-order valence-electron chi connectivity index (χ4n) is 2.94. The normalized spacial score (nSPS) is 20.9. The number of rotatable bonds is 6. The number of benzene rings is 2. The monoisotopic (exact) mass is 526 g/mol. The minimum absolute atomic E-state index is 0.180. The third kappa shape index (κ3) is 3.73. The zero-order chi connectivity index (χ0) is 26.7. The summed E-state index contributed by atoms with van der Waals surface area (Å²) in [6.07, 6.45) is 0. The van der Waals surface area contributed by atoms with E-state index in [9.17, 15) is 57.5 Å². The van der Waals surface area contributed by atoms with Crippen LogP contribution >= 0.6 is 0 Å². The summed E-state index contributed by atoms with van der Waals surface area (Å²) in [5, 5.41) is 1.09. The molecular formula is C19H10F12N2O2. The van der Waals surface area contributed by atoms with Crippen LogP contribution in [0.3, 0.4) is 0 Å². The lowest BCUT2D eigenvalue weighted by Gasteiger charge is -2.37. The molecule has 0 aliphatic carbocycles. The predicted octanol–water partition coefficient (Wildman–Crippen LogP) is 6.42. The van der Waals surface area contributed by atoms with Gasteiger partial charge in [-0.05, 0) is 24.3 Å². The first-order valence-corrected chi connectivity index (χ1v) is 9.03. The van der Waals surface area contributed by atoms with Gasteiger partial charge < -0.3 is 10.1 Å². The molecule has 192 valence electrons. The van der Waals surface area contributed by atoms with Crippen molar-refractivity contribution in [1.82, 2.24) is 4.90 Å². The largest absolute Gasteiger partial charge is 0.457 e. The van der Waals surface area contributed by atoms with E-state index in [0.29, 0.717) is 0 Å². The van der Waals surface area contributed by atoms with Crippen LogP contribution in [0.1, 0.15) is 0 Å². The van der Waals surface area contributed by atoms with Gasteiger partial charge in [0, 0.05) is 11.8 Å². The molecule has 35 heavy (non-hydrogen) atoms. The Labute approximate surface area is 187 Å². The zero-order valence-corrected chi connectivity index (χ0v) is 16.5. The van der Waals surface area contributed by atoms with Crippen molar-refractivity contribution < 1.29 is 62.2 Å². The van der Waals surface area contributed by atoms with Crippen molar-refractivity contribution in [3.05, 3.63) is 54.6 Å². The molecule has 1 N–H and O–H groups in total. The van der Waals surface area contributed by atoms with E-state index in [2.05, 4.69) is 0 Å². The van der Waals surface area contributed by atoms with Crippen LogP contribution < -0.4 is 10.1 Å². The van der Waals surface area contributed by atoms with Crippen molar-refractivity contribution in [2.75, 3.05) is 5.32 Å². The molecule has 3 rings (SSSR count). The summed E-state index contributed by atoms with van der Waals surface area (Å²) in [4.78, 5) is 8.14. The molecule has 2 aromatic carbocycles. The Bertz CT molecular complexity index is 1080. The first-order valence-electron chi connectivity index (χ1n) is 9.03. The van der Waals surface area contributed by atoms with Crippen LogP contribution in [0.4, 0.5) is 58.4 Å². The molecule has 1 aliphatic heterocycles. The van der Waals surface area contributed by atoms with Crippen LogP contribution in [0, 0.1) is 0 Å². The number of halogens is 12. The Hall–Kier alpha value is -3.17. The van der Waals surface area contributed by atoms with Crippen LogP contribution in [-0.2, 0) is 4.79 Å². The zero-order valence-electron chi connectivity index (χ0n) is 16.5. The number of nitrogens with zero attached hydrogens (tertiary/aromatic N) is 1. The third-order valence-corrected chi connectivity index (χ3v) is 4.73. The van der Waals surface area contributed by atoms with Crippen LogP contribution in [0.15, 0.2) is 54.6 Å². The maximum atomic E-state index is 14.2. The lowest BCUT2D eigenvalue weighted by atomic mass is 10.2. The molecule has 0 saturated carbocycles. The Balaban J connectivity index is 1.91. The van der Waals surface area contributed by atoms with E-state index < -0.39 is 52.4 Å². The van der Waals surface area contributed by atoms with E-state index >= 15 is 0 Å². The number of hydrogen-bond acceptors (Lipinski definition) is 3. The maximum absolute atomic E-state index is 14.2. The molecule has 1 heterocycles. The molecule has 0 atom stereocenters. The summed E-state index contributed by atoms with van der Waals surface area (Å²) in [5.41, 5.74) is -0.755. The van der Waals surface area contributed by atoms with Crippen molar-refractivity contribution in [1.29, 1.82) is 0 Å². The molecule has 1 fully saturated rings. The van der Waals surface area contributed by atoms with E-state index in [1.54, 1.807) is 6.07 Å². The van der Waals surface area contributed by atoms with E-state index in [1.807, 2.05) is 0 Å². The lowest BCUT2D eigenvalue weighted by molar-refractivity contribution is -0.399. The van der Waals surface area contributed by atoms with E-state index in [4.69, 9.17) is 4.74 Å². The van der Waals surface area contributed by atoms with Crippen LogP contribution in [0.5, 0.6) is 11.5 Å². The second-order valence-electron chi connectivity index (χ2n) is 7.08. The van der Waals surface area contributed by atoms with Crippen molar-refractivity contribution in [2.24, 2.45) is 0 Å². The van der Waals surface area contributed by atoms with Gasteiger partial charge in [0.2, 0.25) is 0 Å². The van der Waals surface area contributed by atoms with Gasteiger partial charge in [-0.1, -0.05) is 24.3 Å². The van der Waals surface area contributed by atoms with Gasteiger partial charge in [-0.2, -0.15) is 52.7 Å². The Kier molecular flexibility index (Phi) is 5.99. The molecule has 0 unspecified atom stereocenters. The topological polar surface area (TPSA) is 41.6 Å². The summed E-state index contributed by atoms with van der Waals surface area (Å²) < 4.78 is 169. The molecule has 0 spiro atoms. The number of alkyl halides is 12. The molecule has 1 saturated heterocycles. The molecule has 1 amide bonds. The number of para-hydroxylation sites is 1. The van der Waals surface area contributed by atoms with Crippen molar-refractivity contribution in [2.45, 2.75) is 35.9 Å². The van der Waals surface area contributed by atoms with Gasteiger partial charge in [0.05, 0.1) is 0 Å². The Morgan fingerprint density at radius 2 is 1.23 bits per heavy atom. The van der Waals surface area contributed by atoms with Gasteiger partial charge in [-0.3, -0.25) is 4.79 Å². The van der Waals surface area contributed by atoms with E-state index in [1.165, 1.54) is 30.3 Å². The molecule has 0 bridgehead atoms. The van der Waals surface area contributed by atoms with Gasteiger partial charge >= 0.3 is 41.8 Å². The summed E-state index contributed by atoms with van der Waals surface area (Å²) >= 11 is 0. The van der Waals surface area contributed by atoms with Gasteiger partial charge in [-0.25, -0.2) is 0 Å². The van der Waals surface area contributed by atoms with E-state index in [0.717, 1.165) is 23.5 Å². The van der Waals surface area contributed by atoms with Crippen molar-refractivity contribution in [3.8, 4) is 11.5 Å². The lowest BCUT2D eigenvalue weighted by Crippen LogP contribution is -2.67. The van der Waals surface area contributed by atoms with Gasteiger partial charge in [0.1, 0.15) is 11.5 Å². The highest BCUT2D eigenvalue weighted by atomic mass is 19.4. The van der Waals surface area contributed by atoms with E-state index in [-0.39, 0.29) is 11.5 Å². The number of anilines is 1. The minimum Gasteiger partial charge on any atom is -0.457 e. The second kappa shape index (κ2) is 7.93. The fourth-order valence-corrected chi connectivity index (χ4v) is 2.94. The number of likely N-dealkylation sites (tertiary alicyclic amines) is 1. The fraction of sp³-hybridized carbons (Fsp3) is 0.316. The molecule has 0 radical (unpaired) electrons. The number of ether oxygens (including phenoxy) is 1. The molecule has 4 nitrogen and oxygen atoms in total. The van der Waals surface area contributed by atoms with Crippen molar-refractivity contribution >= 4 is 11.6 Å². The van der Waals surface area contributed by atoms with Gasteiger partial charge in [-0.15, -0.1) is 4.90 Å². The summed E-state index contributed by atoms with van der Waals surface area (Å²) in [6.45, 7) is 0. The Morgan fingerprint density at radius 3 is 1.74 bits per heavy atom. The molecule has 1 aliphatic rings. The third-order valence-electron chi connectivity index (χ3n) is 4.73. The number of carbonyl (C=O) groups excluding carboxylic acids is 1. The smallest absolute Gasteiger partial charge is 0.401 e. The van der Waals surface area contributed by atoms with Crippen LogP contribution in [-0.4, -0.2) is 46.7 Å². The molecular weight excluding hydrogens is 516 g/mol. The summed E-state index contributed by atoms with van der Waals surface area (Å²) in [6, 6.07) is -10.3. The SMILES string of the molecule is O=C(Nc1cccc(Oc2ccccc2)c1)C(F)(F)C(F)(F)N1C(F)(F)C(F)(F)C(F)(F)C1(F)F. The second-order valence-corrected chi connectivity index (χ2v) is 7.08. The predicted molar refractivity (Wildman–Crippen MR) is 93.1 cm³/mol. The average Bonchev–Trinajstić information content (AvgIpc) is 2.80. The average molecular weight is 526 g/mol. The van der Waals surface area contributed by atoms with Crippen LogP contribution in [0.25, 0.3) is 0 Å². The highest BCUT2D eigenvalue weighted by Crippen LogP contribution is 2.66. The quantitative estimate of drug-likeness (QED) is 0.349. The highest BCUT2D eigenvalue weighted by molar-refractivity contribution is 5.97. The van der Waals surface area contributed by atoms with Gasteiger partial charge in [0.25, 0.3) is 0 Å². The maximum Gasteiger partial charge on any atom is 0.401 e. The first-order chi connectivity index (χ1) is 15.8. The molecule has 0 aromatic heterocycles. The number of amides is 1. The summed E-state index contributed by atoms with van der Waals surface area (Å²) in [5.74, 6) is -24.3. The van der Waals surface area contributed by atoms with Gasteiger partial charge in [0.15, 0.2) is 0 Å². The molecule has 16 heteroatoms. The Morgan fingerprint density at radius 1 is 0.743 bits per heavy atom. The van der Waals surface area contributed by atoms with Crippen molar-refractivity contribution in [3.63, 3.8) is 0 Å². The summed E-state index contributed by atoms with van der Waals surface area (Å²) in [7, 11) is 0. The van der Waals surface area contributed by atoms with Crippen LogP contribution in [0.2, 0.25) is 0 Å². The minimum atomic E-state index is -7.23. The number of hydrogen-bond donors (Lipinski definition) is 1. The highest BCUT2D eigenvalue weighted by Gasteiger charge is 2.98.